The van der Waals surface area contributed by atoms with E-state index in [-0.39, 0.29) is 17.6 Å². The fourth-order valence-electron chi connectivity index (χ4n) is 1.93. The summed E-state index contributed by atoms with van der Waals surface area (Å²) in [4.78, 5) is 4.13. The summed E-state index contributed by atoms with van der Waals surface area (Å²) in [6, 6.07) is 10.0. The minimum absolute atomic E-state index is 0.238. The highest BCUT2D eigenvalue weighted by Gasteiger charge is 2.10. The van der Waals surface area contributed by atoms with Gasteiger partial charge in [0.25, 0.3) is 0 Å². The van der Waals surface area contributed by atoms with Crippen molar-refractivity contribution in [3.05, 3.63) is 54.1 Å². The Morgan fingerprint density at radius 3 is 2.33 bits per heavy atom. The summed E-state index contributed by atoms with van der Waals surface area (Å²) >= 11 is 0. The summed E-state index contributed by atoms with van der Waals surface area (Å²) in [5, 5.41) is 0. The van der Waals surface area contributed by atoms with Crippen molar-refractivity contribution in [3.63, 3.8) is 0 Å². The fourth-order valence-corrected chi connectivity index (χ4v) is 1.93. The van der Waals surface area contributed by atoms with E-state index in [1.807, 2.05) is 0 Å². The van der Waals surface area contributed by atoms with E-state index in [9.17, 15) is 8.78 Å². The lowest BCUT2D eigenvalue weighted by molar-refractivity contribution is 0.627. The molecule has 0 aliphatic carbocycles. The number of nitrogens with zero attached hydrogens (tertiary/aromatic N) is 2. The first kappa shape index (κ1) is 10.7. The topological polar surface area (TPSA) is 43.8 Å². The first-order chi connectivity index (χ1) is 8.65. The molecular weight excluding hydrogens is 236 g/mol. The number of nitrogens with two attached hydrogens (primary N) is 1. The third kappa shape index (κ3) is 1.60. The normalized spacial score (nSPS) is 11.0. The van der Waals surface area contributed by atoms with Gasteiger partial charge in [0.15, 0.2) is 0 Å². The van der Waals surface area contributed by atoms with Crippen LogP contribution in [0, 0.1) is 11.6 Å². The van der Waals surface area contributed by atoms with Crippen molar-refractivity contribution in [3.8, 4) is 5.69 Å². The van der Waals surface area contributed by atoms with Crippen LogP contribution in [0.5, 0.6) is 0 Å². The molecule has 18 heavy (non-hydrogen) atoms. The zero-order chi connectivity index (χ0) is 12.7. The molecule has 0 radical (unpaired) electrons. The third-order valence-electron chi connectivity index (χ3n) is 2.73. The van der Waals surface area contributed by atoms with Gasteiger partial charge in [0.2, 0.25) is 5.95 Å². The maximum Gasteiger partial charge on any atom is 0.205 e. The molecule has 0 fully saturated rings. The van der Waals surface area contributed by atoms with Crippen molar-refractivity contribution in [2.75, 3.05) is 5.73 Å². The number of hydrogen-bond acceptors (Lipinski definition) is 2. The van der Waals surface area contributed by atoms with Crippen molar-refractivity contribution < 1.29 is 8.78 Å². The predicted octanol–water partition coefficient (Wildman–Crippen LogP) is 2.89. The van der Waals surface area contributed by atoms with Crippen molar-refractivity contribution in [1.82, 2.24) is 9.55 Å². The van der Waals surface area contributed by atoms with Gasteiger partial charge in [-0.05, 0) is 36.4 Å². The number of aromatic nitrogens is 2. The standard InChI is InChI=1S/C13H9F2N3/c14-8-1-4-10(5-2-8)18-12-7-9(15)3-6-11(12)17-13(18)16/h1-7H,(H2,16,17). The first-order valence-electron chi connectivity index (χ1n) is 5.34. The lowest BCUT2D eigenvalue weighted by Crippen LogP contribution is -2.00. The molecule has 0 spiro atoms. The van der Waals surface area contributed by atoms with E-state index in [0.29, 0.717) is 16.7 Å². The molecule has 0 unspecified atom stereocenters. The van der Waals surface area contributed by atoms with E-state index in [0.717, 1.165) is 0 Å². The van der Waals surface area contributed by atoms with Gasteiger partial charge in [-0.15, -0.1) is 0 Å². The second-order valence-electron chi connectivity index (χ2n) is 3.91. The molecule has 1 aromatic heterocycles. The van der Waals surface area contributed by atoms with E-state index < -0.39 is 0 Å². The van der Waals surface area contributed by atoms with Crippen LogP contribution in [0.1, 0.15) is 0 Å². The average Bonchev–Trinajstić information content (AvgIpc) is 2.66. The Hall–Kier alpha value is -2.43. The summed E-state index contributed by atoms with van der Waals surface area (Å²) in [5.74, 6) is -0.471. The van der Waals surface area contributed by atoms with Gasteiger partial charge in [0.05, 0.1) is 11.0 Å². The number of halogens is 2. The highest BCUT2D eigenvalue weighted by molar-refractivity contribution is 5.80. The molecule has 0 atom stereocenters. The number of anilines is 1. The van der Waals surface area contributed by atoms with Crippen molar-refractivity contribution in [1.29, 1.82) is 0 Å². The fraction of sp³-hybridized carbons (Fsp3) is 0. The summed E-state index contributed by atoms with van der Waals surface area (Å²) in [6.07, 6.45) is 0. The number of nitrogen functional groups attached to an aromatic ring is 1. The lowest BCUT2D eigenvalue weighted by Gasteiger charge is -2.06. The number of rotatable bonds is 1. The molecule has 1 heterocycles. The van der Waals surface area contributed by atoms with Crippen LogP contribution in [0.3, 0.4) is 0 Å². The molecule has 0 saturated carbocycles. The molecular formula is C13H9F2N3. The summed E-state index contributed by atoms with van der Waals surface area (Å²) in [5.41, 5.74) is 7.60. The zero-order valence-electron chi connectivity index (χ0n) is 9.27. The molecule has 3 rings (SSSR count). The maximum absolute atomic E-state index is 13.3. The van der Waals surface area contributed by atoms with Crippen LogP contribution in [0.2, 0.25) is 0 Å². The minimum Gasteiger partial charge on any atom is -0.369 e. The Balaban J connectivity index is 2.30. The molecule has 3 aromatic rings. The van der Waals surface area contributed by atoms with Gasteiger partial charge in [0, 0.05) is 11.8 Å². The molecule has 90 valence electrons. The van der Waals surface area contributed by atoms with Crippen LogP contribution < -0.4 is 5.73 Å². The average molecular weight is 245 g/mol. The molecule has 0 aliphatic rings. The van der Waals surface area contributed by atoms with E-state index in [1.54, 1.807) is 22.8 Å². The number of imidazole rings is 1. The third-order valence-corrected chi connectivity index (χ3v) is 2.73. The van der Waals surface area contributed by atoms with Gasteiger partial charge < -0.3 is 5.73 Å². The monoisotopic (exact) mass is 245 g/mol. The van der Waals surface area contributed by atoms with Crippen LogP contribution in [0.25, 0.3) is 16.7 Å². The molecule has 2 aromatic carbocycles. The Morgan fingerprint density at radius 1 is 0.944 bits per heavy atom. The number of hydrogen-bond donors (Lipinski definition) is 1. The van der Waals surface area contributed by atoms with E-state index in [1.165, 1.54) is 24.3 Å². The van der Waals surface area contributed by atoms with Crippen molar-refractivity contribution in [2.24, 2.45) is 0 Å². The van der Waals surface area contributed by atoms with Crippen LogP contribution in [0.4, 0.5) is 14.7 Å². The molecule has 0 amide bonds. The SMILES string of the molecule is Nc1nc2ccc(F)cc2n1-c1ccc(F)cc1. The Labute approximate surface area is 101 Å². The van der Waals surface area contributed by atoms with Gasteiger partial charge in [-0.2, -0.15) is 0 Å². The molecule has 0 aliphatic heterocycles. The maximum atomic E-state index is 13.3. The minimum atomic E-state index is -0.370. The summed E-state index contributed by atoms with van der Waals surface area (Å²) < 4.78 is 27.7. The van der Waals surface area contributed by atoms with Crippen molar-refractivity contribution >= 4 is 17.0 Å². The van der Waals surface area contributed by atoms with Gasteiger partial charge in [0.1, 0.15) is 11.6 Å². The van der Waals surface area contributed by atoms with Gasteiger partial charge in [-0.1, -0.05) is 0 Å². The quantitative estimate of drug-likeness (QED) is 0.716. The van der Waals surface area contributed by atoms with E-state index in [4.69, 9.17) is 5.73 Å². The zero-order valence-corrected chi connectivity index (χ0v) is 9.27. The predicted molar refractivity (Wildman–Crippen MR) is 65.4 cm³/mol. The Morgan fingerprint density at radius 2 is 1.61 bits per heavy atom. The molecule has 5 heteroatoms. The second kappa shape index (κ2) is 3.80. The van der Waals surface area contributed by atoms with Crippen LogP contribution >= 0.6 is 0 Å². The summed E-state index contributed by atoms with van der Waals surface area (Å²) in [6.45, 7) is 0. The molecule has 0 saturated heterocycles. The van der Waals surface area contributed by atoms with Crippen LogP contribution in [0.15, 0.2) is 42.5 Å². The smallest absolute Gasteiger partial charge is 0.205 e. The lowest BCUT2D eigenvalue weighted by atomic mass is 10.2. The van der Waals surface area contributed by atoms with Gasteiger partial charge in [-0.25, -0.2) is 13.8 Å². The highest BCUT2D eigenvalue weighted by atomic mass is 19.1. The second-order valence-corrected chi connectivity index (χ2v) is 3.91. The van der Waals surface area contributed by atoms with Gasteiger partial charge >= 0.3 is 0 Å². The molecule has 2 N–H and O–H groups in total. The van der Waals surface area contributed by atoms with E-state index in [2.05, 4.69) is 4.98 Å². The first-order valence-corrected chi connectivity index (χ1v) is 5.34. The molecule has 3 nitrogen and oxygen atoms in total. The van der Waals surface area contributed by atoms with Crippen LogP contribution in [-0.4, -0.2) is 9.55 Å². The highest BCUT2D eigenvalue weighted by Crippen LogP contribution is 2.23. The van der Waals surface area contributed by atoms with E-state index >= 15 is 0 Å². The van der Waals surface area contributed by atoms with Gasteiger partial charge in [-0.3, -0.25) is 4.57 Å². The summed E-state index contributed by atoms with van der Waals surface area (Å²) in [7, 11) is 0. The number of fused-ring (bicyclic) bond motifs is 1. The van der Waals surface area contributed by atoms with Crippen LogP contribution in [-0.2, 0) is 0 Å². The molecule has 0 bridgehead atoms. The largest absolute Gasteiger partial charge is 0.369 e. The Kier molecular flexibility index (Phi) is 2.26. The number of benzene rings is 2. The van der Waals surface area contributed by atoms with Crippen molar-refractivity contribution in [2.45, 2.75) is 0 Å². The Bertz CT molecular complexity index is 717.